The molecule has 0 saturated carbocycles. The Labute approximate surface area is 328 Å². The third-order valence-corrected chi connectivity index (χ3v) is 12.7. The van der Waals surface area contributed by atoms with Crippen molar-refractivity contribution in [2.24, 2.45) is 16.8 Å². The lowest BCUT2D eigenvalue weighted by Crippen LogP contribution is -2.32. The Morgan fingerprint density at radius 3 is 2.29 bits per heavy atom. The van der Waals surface area contributed by atoms with Gasteiger partial charge < -0.3 is 10.1 Å². The highest BCUT2D eigenvalue weighted by Crippen LogP contribution is 2.58. The second-order valence-corrected chi connectivity index (χ2v) is 16.3. The molecule has 3 heteroatoms. The van der Waals surface area contributed by atoms with Crippen LogP contribution in [0.4, 0.5) is 0 Å². The predicted octanol–water partition coefficient (Wildman–Crippen LogP) is 12.6. The van der Waals surface area contributed by atoms with Gasteiger partial charge in [0, 0.05) is 23.0 Å². The molecule has 56 heavy (non-hydrogen) atoms. The van der Waals surface area contributed by atoms with E-state index in [-0.39, 0.29) is 17.4 Å². The summed E-state index contributed by atoms with van der Waals surface area (Å²) in [6.45, 7) is 4.93. The van der Waals surface area contributed by atoms with Crippen LogP contribution in [-0.2, 0) is 5.41 Å². The number of ether oxygens (including phenoxy) is 1. The maximum Gasteiger partial charge on any atom is 0.157 e. The van der Waals surface area contributed by atoms with Crippen molar-refractivity contribution in [2.45, 2.75) is 37.6 Å². The van der Waals surface area contributed by atoms with Crippen molar-refractivity contribution in [3.05, 3.63) is 221 Å². The molecule has 4 unspecified atom stereocenters. The Hall–Kier alpha value is -6.45. The average Bonchev–Trinajstić information content (AvgIpc) is 3.75. The Balaban J connectivity index is 0.973. The van der Waals surface area contributed by atoms with Crippen LogP contribution in [0.3, 0.4) is 0 Å². The first-order valence-corrected chi connectivity index (χ1v) is 19.9. The first kappa shape index (κ1) is 32.9. The van der Waals surface area contributed by atoms with Crippen LogP contribution >= 0.6 is 0 Å². The van der Waals surface area contributed by atoms with Gasteiger partial charge in [-0.15, -0.1) is 0 Å². The number of aliphatic imine (C=N–C) groups is 1. The molecule has 5 aliphatic rings. The molecule has 270 valence electrons. The number of allylic oxidation sites excluding steroid dienone is 7. The summed E-state index contributed by atoms with van der Waals surface area (Å²) in [5.41, 5.74) is 13.6. The molecule has 0 fully saturated rings. The van der Waals surface area contributed by atoms with Gasteiger partial charge in [0.05, 0.1) is 5.70 Å². The number of para-hydroxylation sites is 1. The van der Waals surface area contributed by atoms with E-state index in [1.165, 1.54) is 49.7 Å². The molecule has 2 heterocycles. The summed E-state index contributed by atoms with van der Waals surface area (Å²) in [6, 6.07) is 49.7. The van der Waals surface area contributed by atoms with Crippen LogP contribution < -0.4 is 10.1 Å². The van der Waals surface area contributed by atoms with Crippen LogP contribution in [0.1, 0.15) is 54.5 Å². The van der Waals surface area contributed by atoms with E-state index in [1.807, 2.05) is 6.07 Å². The zero-order chi connectivity index (χ0) is 37.4. The predicted molar refractivity (Wildman–Crippen MR) is 230 cm³/mol. The highest BCUT2D eigenvalue weighted by atomic mass is 16.5. The molecule has 4 atom stereocenters. The molecule has 2 aliphatic heterocycles. The number of benzene rings is 6. The molecule has 6 aromatic carbocycles. The van der Waals surface area contributed by atoms with Gasteiger partial charge in [-0.25, -0.2) is 0 Å². The summed E-state index contributed by atoms with van der Waals surface area (Å²) in [5.74, 6) is 3.49. The molecule has 6 aromatic rings. The number of nitrogens with one attached hydrogen (secondary N) is 1. The standard InChI is InChI=1S/C53H42N2O/c1-53(2)45-32-37(27-28-42(45)47-44(34-17-7-4-8-18-34)31-38-19-9-10-24-41(38)48(47)53)36-21-13-22-39(29-36)49-51-50(43-25-11-12-26-46(43)56-51)55-52(54-49)40-23-14-20-35(30-40)33-15-5-3-6-16-33/h3-20,22-32,36,42,45,50H,21H2,1-2H3,(H,54,55). The second kappa shape index (κ2) is 12.8. The summed E-state index contributed by atoms with van der Waals surface area (Å²) < 4.78 is 6.64. The van der Waals surface area contributed by atoms with Gasteiger partial charge in [0.2, 0.25) is 0 Å². The number of fused-ring (bicyclic) bond motifs is 8. The van der Waals surface area contributed by atoms with Crippen LogP contribution in [0, 0.1) is 11.8 Å². The summed E-state index contributed by atoms with van der Waals surface area (Å²) in [4.78, 5) is 5.32. The average molecular weight is 723 g/mol. The van der Waals surface area contributed by atoms with E-state index in [0.717, 1.165) is 46.2 Å². The summed E-state index contributed by atoms with van der Waals surface area (Å²) >= 11 is 0. The Kier molecular flexibility index (Phi) is 7.54. The second-order valence-electron chi connectivity index (χ2n) is 16.3. The zero-order valence-corrected chi connectivity index (χ0v) is 31.6. The van der Waals surface area contributed by atoms with E-state index in [4.69, 9.17) is 9.73 Å². The number of amidine groups is 1. The first-order valence-electron chi connectivity index (χ1n) is 19.9. The molecule has 0 aromatic heterocycles. The van der Waals surface area contributed by atoms with E-state index >= 15 is 0 Å². The van der Waals surface area contributed by atoms with Crippen molar-refractivity contribution in [1.29, 1.82) is 0 Å². The van der Waals surface area contributed by atoms with Crippen LogP contribution in [0.25, 0.3) is 33.0 Å². The minimum atomic E-state index is -0.214. The van der Waals surface area contributed by atoms with Crippen molar-refractivity contribution < 1.29 is 4.74 Å². The molecule has 0 bridgehead atoms. The Morgan fingerprint density at radius 2 is 1.43 bits per heavy atom. The lowest BCUT2D eigenvalue weighted by Gasteiger charge is -2.33. The number of rotatable bonds is 5. The molecular formula is C53H42N2O. The van der Waals surface area contributed by atoms with Gasteiger partial charge in [-0.2, -0.15) is 0 Å². The van der Waals surface area contributed by atoms with Crippen LogP contribution in [0.2, 0.25) is 0 Å². The molecular weight excluding hydrogens is 681 g/mol. The van der Waals surface area contributed by atoms with Crippen LogP contribution in [0.15, 0.2) is 204 Å². The highest BCUT2D eigenvalue weighted by molar-refractivity contribution is 6.02. The largest absolute Gasteiger partial charge is 0.456 e. The minimum absolute atomic E-state index is 0.0523. The summed E-state index contributed by atoms with van der Waals surface area (Å²) in [6.07, 6.45) is 15.6. The monoisotopic (exact) mass is 722 g/mol. The molecule has 0 radical (unpaired) electrons. The fourth-order valence-corrected chi connectivity index (χ4v) is 10.00. The molecule has 11 rings (SSSR count). The molecule has 1 N–H and O–H groups in total. The van der Waals surface area contributed by atoms with Crippen molar-refractivity contribution in [3.63, 3.8) is 0 Å². The maximum absolute atomic E-state index is 6.64. The number of hydrogen-bond acceptors (Lipinski definition) is 3. The van der Waals surface area contributed by atoms with Crippen molar-refractivity contribution in [3.8, 4) is 28.0 Å². The molecule has 0 amide bonds. The minimum Gasteiger partial charge on any atom is -0.456 e. The number of hydrogen-bond donors (Lipinski definition) is 1. The SMILES string of the molecule is CC1(C)c2c(c(-c3ccccc3)cc3ccccc23)C2C=CC(C3C=C(C4=C5Oc6ccccc6C5N=C(c5cccc(-c6ccccc6)c5)N4)C=CC3)=CC21. The van der Waals surface area contributed by atoms with Gasteiger partial charge in [0.25, 0.3) is 0 Å². The fourth-order valence-electron chi connectivity index (χ4n) is 10.00. The quantitative estimate of drug-likeness (QED) is 0.192. The van der Waals surface area contributed by atoms with Crippen molar-refractivity contribution >= 4 is 16.6 Å². The van der Waals surface area contributed by atoms with Gasteiger partial charge in [0.15, 0.2) is 5.76 Å². The molecule has 3 aliphatic carbocycles. The smallest absolute Gasteiger partial charge is 0.157 e. The van der Waals surface area contributed by atoms with Gasteiger partial charge in [-0.05, 0) is 91.3 Å². The van der Waals surface area contributed by atoms with Crippen molar-refractivity contribution in [1.82, 2.24) is 5.32 Å². The fraction of sp³-hybridized carbons (Fsp3) is 0.151. The van der Waals surface area contributed by atoms with Gasteiger partial charge in [-0.1, -0.05) is 172 Å². The third kappa shape index (κ3) is 5.22. The van der Waals surface area contributed by atoms with E-state index in [9.17, 15) is 0 Å². The van der Waals surface area contributed by atoms with Crippen LogP contribution in [-0.4, -0.2) is 5.84 Å². The van der Waals surface area contributed by atoms with E-state index < -0.39 is 0 Å². The van der Waals surface area contributed by atoms with Gasteiger partial charge in [-0.3, -0.25) is 4.99 Å². The summed E-state index contributed by atoms with van der Waals surface area (Å²) in [7, 11) is 0. The number of nitrogens with zero attached hydrogens (tertiary/aromatic N) is 1. The lowest BCUT2D eigenvalue weighted by molar-refractivity contribution is 0.392. The molecule has 3 nitrogen and oxygen atoms in total. The maximum atomic E-state index is 6.64. The van der Waals surface area contributed by atoms with Gasteiger partial charge in [0.1, 0.15) is 17.6 Å². The van der Waals surface area contributed by atoms with Crippen LogP contribution in [0.5, 0.6) is 5.75 Å². The van der Waals surface area contributed by atoms with E-state index in [0.29, 0.717) is 11.8 Å². The van der Waals surface area contributed by atoms with E-state index in [1.54, 1.807) is 0 Å². The topological polar surface area (TPSA) is 33.6 Å². The van der Waals surface area contributed by atoms with Crippen molar-refractivity contribution in [2.75, 3.05) is 0 Å². The molecule has 0 saturated heterocycles. The normalized spacial score (nSPS) is 22.6. The Bertz CT molecular complexity index is 2760. The van der Waals surface area contributed by atoms with E-state index in [2.05, 4.69) is 189 Å². The molecule has 0 spiro atoms. The third-order valence-electron chi connectivity index (χ3n) is 12.7. The summed E-state index contributed by atoms with van der Waals surface area (Å²) in [5, 5.41) is 6.49. The Morgan fingerprint density at radius 1 is 0.696 bits per heavy atom. The van der Waals surface area contributed by atoms with Gasteiger partial charge >= 0.3 is 0 Å². The lowest BCUT2D eigenvalue weighted by atomic mass is 9.71. The zero-order valence-electron chi connectivity index (χ0n) is 31.6. The first-order chi connectivity index (χ1) is 27.5. The highest BCUT2D eigenvalue weighted by Gasteiger charge is 2.48.